The van der Waals surface area contributed by atoms with Gasteiger partial charge in [-0.2, -0.15) is 4.31 Å². The van der Waals surface area contributed by atoms with Gasteiger partial charge >= 0.3 is 0 Å². The molecule has 0 amide bonds. The summed E-state index contributed by atoms with van der Waals surface area (Å²) >= 11 is 7.08. The molecule has 4 rings (SSSR count). The minimum atomic E-state index is -3.90. The maximum atomic E-state index is 13.1. The predicted molar refractivity (Wildman–Crippen MR) is 110 cm³/mol. The van der Waals surface area contributed by atoms with Gasteiger partial charge in [-0.15, -0.1) is 10.2 Å². The molecule has 2 aromatic carbocycles. The van der Waals surface area contributed by atoms with Gasteiger partial charge in [0.25, 0.3) is 10.9 Å². The number of hydrogen-bond donors (Lipinski definition) is 0. The van der Waals surface area contributed by atoms with Crippen molar-refractivity contribution in [2.24, 2.45) is 0 Å². The second-order valence-corrected chi connectivity index (χ2v) is 9.76. The van der Waals surface area contributed by atoms with E-state index in [1.54, 1.807) is 24.3 Å². The zero-order valence-electron chi connectivity index (χ0n) is 15.4. The summed E-state index contributed by atoms with van der Waals surface area (Å²) < 4.78 is 33.2. The van der Waals surface area contributed by atoms with Crippen LogP contribution in [0.5, 0.6) is 0 Å². The van der Waals surface area contributed by atoms with Crippen LogP contribution in [-0.2, 0) is 10.0 Å². The standard InChI is InChI=1S/C18H15ClN4O5S2/c19-14-6-2-1-5-13(14)17-20-21-18(28-17)29-15-8-7-12(23(24)25)11-16(15)30(26,27)22-9-3-4-10-22/h1-2,5-8,11H,3-4,9-10H2. The highest BCUT2D eigenvalue weighted by molar-refractivity contribution is 8.00. The average molecular weight is 467 g/mol. The van der Waals surface area contributed by atoms with Gasteiger partial charge in [-0.05, 0) is 42.8 Å². The number of halogens is 1. The third-order valence-electron chi connectivity index (χ3n) is 4.53. The lowest BCUT2D eigenvalue weighted by molar-refractivity contribution is -0.385. The molecule has 2 heterocycles. The van der Waals surface area contributed by atoms with Crippen LogP contribution in [0.4, 0.5) is 5.69 Å². The molecule has 0 unspecified atom stereocenters. The first-order valence-corrected chi connectivity index (χ1v) is 11.5. The topological polar surface area (TPSA) is 119 Å². The molecule has 3 aromatic rings. The first kappa shape index (κ1) is 20.8. The summed E-state index contributed by atoms with van der Waals surface area (Å²) in [6.07, 6.45) is 1.50. The van der Waals surface area contributed by atoms with Crippen molar-refractivity contribution in [1.29, 1.82) is 0 Å². The van der Waals surface area contributed by atoms with Crippen molar-refractivity contribution < 1.29 is 17.8 Å². The Balaban J connectivity index is 1.71. The summed E-state index contributed by atoms with van der Waals surface area (Å²) in [5.74, 6) is 0.189. The van der Waals surface area contributed by atoms with Crippen molar-refractivity contribution in [2.75, 3.05) is 13.1 Å². The Hall–Kier alpha value is -2.47. The largest absolute Gasteiger partial charge is 0.411 e. The number of sulfonamides is 1. The molecule has 0 N–H and O–H groups in total. The number of nitrogens with zero attached hydrogens (tertiary/aromatic N) is 4. The Kier molecular flexibility index (Phi) is 5.78. The lowest BCUT2D eigenvalue weighted by Gasteiger charge is -2.17. The summed E-state index contributed by atoms with van der Waals surface area (Å²) in [5.41, 5.74) is 0.242. The quantitative estimate of drug-likeness (QED) is 0.391. The molecule has 0 atom stereocenters. The zero-order chi connectivity index (χ0) is 21.3. The minimum absolute atomic E-state index is 0.0941. The van der Waals surface area contributed by atoms with E-state index < -0.39 is 14.9 Å². The van der Waals surface area contributed by atoms with Crippen molar-refractivity contribution in [3.05, 3.63) is 57.6 Å². The molecule has 9 nitrogen and oxygen atoms in total. The summed E-state index contributed by atoms with van der Waals surface area (Å²) in [7, 11) is -3.90. The Morgan fingerprint density at radius 1 is 1.13 bits per heavy atom. The third kappa shape index (κ3) is 4.06. The molecule has 1 fully saturated rings. The first-order valence-electron chi connectivity index (χ1n) is 8.91. The molecular formula is C18H15ClN4O5S2. The maximum absolute atomic E-state index is 13.1. The second kappa shape index (κ2) is 8.34. The molecule has 12 heteroatoms. The number of non-ortho nitro benzene ring substituents is 1. The molecular weight excluding hydrogens is 452 g/mol. The van der Waals surface area contributed by atoms with Gasteiger partial charge in [-0.1, -0.05) is 23.7 Å². The van der Waals surface area contributed by atoms with Crippen molar-refractivity contribution in [2.45, 2.75) is 27.9 Å². The van der Waals surface area contributed by atoms with Crippen LogP contribution in [0.25, 0.3) is 11.5 Å². The van der Waals surface area contributed by atoms with E-state index in [1.165, 1.54) is 16.4 Å². The van der Waals surface area contributed by atoms with Crippen LogP contribution in [-0.4, -0.2) is 40.9 Å². The van der Waals surface area contributed by atoms with E-state index in [2.05, 4.69) is 10.2 Å². The van der Waals surface area contributed by atoms with Gasteiger partial charge in [-0.25, -0.2) is 8.42 Å². The van der Waals surface area contributed by atoms with Gasteiger partial charge < -0.3 is 4.42 Å². The molecule has 0 aliphatic carbocycles. The first-order chi connectivity index (χ1) is 14.4. The van der Waals surface area contributed by atoms with Crippen LogP contribution < -0.4 is 0 Å². The number of rotatable bonds is 6. The number of hydrogen-bond acceptors (Lipinski definition) is 8. The van der Waals surface area contributed by atoms with Crippen LogP contribution >= 0.6 is 23.4 Å². The number of aromatic nitrogens is 2. The van der Waals surface area contributed by atoms with E-state index in [4.69, 9.17) is 16.0 Å². The van der Waals surface area contributed by atoms with Crippen LogP contribution in [0.2, 0.25) is 5.02 Å². The van der Waals surface area contributed by atoms with E-state index in [0.717, 1.165) is 30.7 Å². The Bertz CT molecular complexity index is 1210. The Morgan fingerprint density at radius 2 is 1.87 bits per heavy atom. The Morgan fingerprint density at radius 3 is 2.57 bits per heavy atom. The fraction of sp³-hybridized carbons (Fsp3) is 0.222. The van der Waals surface area contributed by atoms with Crippen molar-refractivity contribution in [1.82, 2.24) is 14.5 Å². The molecule has 1 aliphatic rings. The lowest BCUT2D eigenvalue weighted by Crippen LogP contribution is -2.28. The van der Waals surface area contributed by atoms with Crippen LogP contribution in [0, 0.1) is 10.1 Å². The monoisotopic (exact) mass is 466 g/mol. The maximum Gasteiger partial charge on any atom is 0.281 e. The van der Waals surface area contributed by atoms with Gasteiger partial charge in [0.15, 0.2) is 0 Å². The normalized spacial score (nSPS) is 14.8. The predicted octanol–water partition coefficient (Wildman–Crippen LogP) is 4.23. The van der Waals surface area contributed by atoms with E-state index in [1.807, 2.05) is 0 Å². The summed E-state index contributed by atoms with van der Waals surface area (Å²) in [5, 5.41) is 19.7. The van der Waals surface area contributed by atoms with Gasteiger partial charge in [0.1, 0.15) is 4.90 Å². The molecule has 1 aliphatic heterocycles. The fourth-order valence-electron chi connectivity index (χ4n) is 3.05. The molecule has 1 aromatic heterocycles. The molecule has 30 heavy (non-hydrogen) atoms. The smallest absolute Gasteiger partial charge is 0.281 e. The number of benzene rings is 2. The molecule has 1 saturated heterocycles. The molecule has 0 bridgehead atoms. The highest BCUT2D eigenvalue weighted by Gasteiger charge is 2.31. The van der Waals surface area contributed by atoms with Gasteiger partial charge in [0, 0.05) is 30.1 Å². The van der Waals surface area contributed by atoms with E-state index in [-0.39, 0.29) is 26.6 Å². The second-order valence-electron chi connectivity index (χ2n) is 6.45. The highest BCUT2D eigenvalue weighted by atomic mass is 35.5. The SMILES string of the molecule is O=[N+]([O-])c1ccc(Sc2nnc(-c3ccccc3Cl)o2)c(S(=O)(=O)N2CCCC2)c1. The number of nitro benzene ring substituents is 1. The van der Waals surface area contributed by atoms with Crippen molar-refractivity contribution in [3.63, 3.8) is 0 Å². The Labute approximate surface area is 181 Å². The van der Waals surface area contributed by atoms with E-state index in [9.17, 15) is 18.5 Å². The minimum Gasteiger partial charge on any atom is -0.411 e. The van der Waals surface area contributed by atoms with Crippen LogP contribution in [0.3, 0.4) is 0 Å². The van der Waals surface area contributed by atoms with Gasteiger partial charge in [0.05, 0.1) is 15.5 Å². The zero-order valence-corrected chi connectivity index (χ0v) is 17.8. The van der Waals surface area contributed by atoms with Gasteiger partial charge in [0.2, 0.25) is 15.9 Å². The fourth-order valence-corrected chi connectivity index (χ4v) is 6.00. The van der Waals surface area contributed by atoms with Crippen LogP contribution in [0.1, 0.15) is 12.8 Å². The van der Waals surface area contributed by atoms with Crippen molar-refractivity contribution in [3.8, 4) is 11.5 Å². The average Bonchev–Trinajstić information content (AvgIpc) is 3.41. The molecule has 0 spiro atoms. The summed E-state index contributed by atoms with van der Waals surface area (Å²) in [6.45, 7) is 0.763. The van der Waals surface area contributed by atoms with E-state index in [0.29, 0.717) is 23.7 Å². The molecule has 0 saturated carbocycles. The summed E-state index contributed by atoms with van der Waals surface area (Å²) in [6, 6.07) is 10.6. The molecule has 0 radical (unpaired) electrons. The van der Waals surface area contributed by atoms with Gasteiger partial charge in [-0.3, -0.25) is 10.1 Å². The third-order valence-corrected chi connectivity index (χ3v) is 7.84. The summed E-state index contributed by atoms with van der Waals surface area (Å²) in [4.78, 5) is 10.7. The highest BCUT2D eigenvalue weighted by Crippen LogP contribution is 2.38. The van der Waals surface area contributed by atoms with Crippen LogP contribution in [0.15, 0.2) is 61.9 Å². The van der Waals surface area contributed by atoms with Crippen molar-refractivity contribution >= 4 is 39.1 Å². The number of nitro groups is 1. The lowest BCUT2D eigenvalue weighted by atomic mass is 10.2. The molecule has 156 valence electrons. The van der Waals surface area contributed by atoms with E-state index >= 15 is 0 Å².